The molecule has 0 amide bonds. The van der Waals surface area contributed by atoms with Crippen molar-refractivity contribution in [3.63, 3.8) is 0 Å². The molecule has 0 saturated carbocycles. The molecule has 2 aromatic heterocycles. The number of anilines is 1. The van der Waals surface area contributed by atoms with Gasteiger partial charge >= 0.3 is 6.01 Å². The summed E-state index contributed by atoms with van der Waals surface area (Å²) < 4.78 is 52.6. The normalized spacial score (nSPS) is 26.3. The van der Waals surface area contributed by atoms with Gasteiger partial charge in [-0.2, -0.15) is 9.97 Å². The van der Waals surface area contributed by atoms with E-state index in [-0.39, 0.29) is 57.8 Å². The van der Waals surface area contributed by atoms with Crippen LogP contribution in [0.4, 0.5) is 19.0 Å². The largest absolute Gasteiger partial charge is 0.508 e. The van der Waals surface area contributed by atoms with Gasteiger partial charge in [0.2, 0.25) is 0 Å². The van der Waals surface area contributed by atoms with E-state index in [2.05, 4.69) is 25.1 Å². The fourth-order valence-corrected chi connectivity index (χ4v) is 8.47. The maximum Gasteiger partial charge on any atom is 0.319 e. The zero-order valence-corrected chi connectivity index (χ0v) is 25.7. The number of pyridine rings is 1. The highest BCUT2D eigenvalue weighted by molar-refractivity contribution is 6.35. The second-order valence-corrected chi connectivity index (χ2v) is 13.4. The summed E-state index contributed by atoms with van der Waals surface area (Å²) in [6.07, 6.45) is 3.63. The van der Waals surface area contributed by atoms with Crippen molar-refractivity contribution >= 4 is 39.1 Å². The number of aromatic nitrogens is 3. The lowest BCUT2D eigenvalue weighted by atomic mass is 9.94. The van der Waals surface area contributed by atoms with Gasteiger partial charge in [-0.1, -0.05) is 24.6 Å². The van der Waals surface area contributed by atoms with Gasteiger partial charge in [0.1, 0.15) is 46.5 Å². The van der Waals surface area contributed by atoms with Gasteiger partial charge in [-0.25, -0.2) is 18.2 Å². The first kappa shape index (κ1) is 29.0. The lowest BCUT2D eigenvalue weighted by molar-refractivity contribution is 0.107. The number of nitrogens with one attached hydrogen (secondary N) is 1. The van der Waals surface area contributed by atoms with E-state index < -0.39 is 23.3 Å². The number of ether oxygens (including phenoxy) is 1. The molecule has 3 unspecified atom stereocenters. The van der Waals surface area contributed by atoms with E-state index in [1.165, 1.54) is 18.2 Å². The summed E-state index contributed by atoms with van der Waals surface area (Å²) in [5.74, 6) is -0.881. The first-order chi connectivity index (χ1) is 21.7. The van der Waals surface area contributed by atoms with Crippen molar-refractivity contribution in [3.8, 4) is 23.0 Å². The molecule has 8 rings (SSSR count). The second-order valence-electron chi connectivity index (χ2n) is 13.0. The second kappa shape index (κ2) is 10.8. The Morgan fingerprint density at radius 3 is 2.67 bits per heavy atom. The minimum atomic E-state index is -0.918. The highest BCUT2D eigenvalue weighted by Crippen LogP contribution is 2.43. The Kier molecular flexibility index (Phi) is 6.99. The van der Waals surface area contributed by atoms with Crippen molar-refractivity contribution < 1.29 is 23.0 Å². The molecule has 4 saturated heterocycles. The molecule has 4 aliphatic rings. The number of aryl methyl sites for hydroxylation is 1. The summed E-state index contributed by atoms with van der Waals surface area (Å²) >= 11 is 6.89. The molecule has 2 N–H and O–H groups in total. The fraction of sp³-hybridized carbons (Fsp3) is 0.485. The number of fused-ring (bicyclic) bond motifs is 5. The molecule has 0 spiro atoms. The molecule has 45 heavy (non-hydrogen) atoms. The first-order valence-corrected chi connectivity index (χ1v) is 16.1. The van der Waals surface area contributed by atoms with E-state index in [1.807, 2.05) is 6.92 Å². The molecule has 4 atom stereocenters. The summed E-state index contributed by atoms with van der Waals surface area (Å²) in [7, 11) is 0. The van der Waals surface area contributed by atoms with Crippen LogP contribution in [0.5, 0.6) is 11.8 Å². The molecule has 0 aliphatic carbocycles. The average Bonchev–Trinajstić information content (AvgIpc) is 3.67. The molecular formula is C33H34ClF3N6O2. The summed E-state index contributed by atoms with van der Waals surface area (Å²) in [6, 6.07) is 6.30. The maximum atomic E-state index is 16.9. The summed E-state index contributed by atoms with van der Waals surface area (Å²) in [6.45, 7) is 4.51. The number of piperazine rings is 1. The summed E-state index contributed by atoms with van der Waals surface area (Å²) in [5, 5.41) is 15.5. The van der Waals surface area contributed by atoms with E-state index in [4.69, 9.17) is 21.3 Å². The smallest absolute Gasteiger partial charge is 0.319 e. The van der Waals surface area contributed by atoms with Crippen LogP contribution in [0.25, 0.3) is 32.9 Å². The van der Waals surface area contributed by atoms with Gasteiger partial charge in [-0.05, 0) is 73.2 Å². The predicted molar refractivity (Wildman–Crippen MR) is 167 cm³/mol. The Hall–Kier alpha value is -3.41. The van der Waals surface area contributed by atoms with E-state index in [9.17, 15) is 13.9 Å². The minimum Gasteiger partial charge on any atom is -0.508 e. The zero-order chi connectivity index (χ0) is 31.0. The van der Waals surface area contributed by atoms with Crippen LogP contribution in [-0.2, 0) is 6.42 Å². The Balaban J connectivity index is 1.30. The van der Waals surface area contributed by atoms with E-state index >= 15 is 4.39 Å². The third-order valence-electron chi connectivity index (χ3n) is 10.2. The summed E-state index contributed by atoms with van der Waals surface area (Å²) in [4.78, 5) is 18.1. The third-order valence-corrected chi connectivity index (χ3v) is 10.5. The van der Waals surface area contributed by atoms with Crippen LogP contribution in [0.1, 0.15) is 44.6 Å². The number of benzene rings is 2. The van der Waals surface area contributed by atoms with Crippen molar-refractivity contribution in [2.45, 2.75) is 69.2 Å². The van der Waals surface area contributed by atoms with Crippen LogP contribution in [0.15, 0.2) is 24.3 Å². The van der Waals surface area contributed by atoms with Crippen molar-refractivity contribution in [1.29, 1.82) is 0 Å². The van der Waals surface area contributed by atoms with Crippen molar-refractivity contribution in [1.82, 2.24) is 25.2 Å². The lowest BCUT2D eigenvalue weighted by Gasteiger charge is -2.34. The van der Waals surface area contributed by atoms with Crippen LogP contribution in [-0.4, -0.2) is 81.5 Å². The molecule has 2 aromatic carbocycles. The highest BCUT2D eigenvalue weighted by atomic mass is 35.5. The number of halogens is 4. The third kappa shape index (κ3) is 4.77. The molecule has 2 bridgehead atoms. The van der Waals surface area contributed by atoms with E-state index in [1.54, 1.807) is 6.07 Å². The molecule has 4 aliphatic heterocycles. The van der Waals surface area contributed by atoms with Gasteiger partial charge in [-0.15, -0.1) is 0 Å². The lowest BCUT2D eigenvalue weighted by Crippen LogP contribution is -2.51. The molecule has 12 heteroatoms. The molecule has 4 aromatic rings. The van der Waals surface area contributed by atoms with E-state index in [0.717, 1.165) is 32.2 Å². The Morgan fingerprint density at radius 1 is 1.09 bits per heavy atom. The van der Waals surface area contributed by atoms with Gasteiger partial charge in [-0.3, -0.25) is 4.90 Å². The molecule has 4 fully saturated rings. The first-order valence-electron chi connectivity index (χ1n) is 15.8. The highest BCUT2D eigenvalue weighted by Gasteiger charge is 2.49. The van der Waals surface area contributed by atoms with Gasteiger partial charge in [0.25, 0.3) is 0 Å². The van der Waals surface area contributed by atoms with Gasteiger partial charge < -0.3 is 20.1 Å². The topological polar surface area (TPSA) is 86.6 Å². The number of alkyl halides is 1. The zero-order valence-electron chi connectivity index (χ0n) is 24.9. The number of phenols is 1. The number of hydrogen-bond donors (Lipinski definition) is 2. The van der Waals surface area contributed by atoms with Crippen LogP contribution in [0, 0.1) is 11.6 Å². The number of hydrogen-bond acceptors (Lipinski definition) is 8. The van der Waals surface area contributed by atoms with Crippen molar-refractivity contribution in [2.24, 2.45) is 0 Å². The molecule has 8 nitrogen and oxygen atoms in total. The molecule has 0 radical (unpaired) electrons. The summed E-state index contributed by atoms with van der Waals surface area (Å²) in [5.41, 5.74) is -0.0661. The standard InChI is InChI=1S/C33H34ClF3N6O2/c1-2-22-24(36)7-4-17-10-21(44)11-23(25(17)22)28-27(37)29-26(30(34)39-28)31(42-14-19-5-6-20(15-42)38-19)41-32(40-29)45-16-33-8-3-9-43(33)13-18(35)12-33/h4,7,10-11,18-20,38,44H,2-3,5-6,8-9,12-16H2,1H3/t18?,19?,20?,33-/m0/s1. The predicted octanol–water partition coefficient (Wildman–Crippen LogP) is 5.94. The van der Waals surface area contributed by atoms with Crippen LogP contribution in [0.3, 0.4) is 0 Å². The SMILES string of the molecule is CCc1c(F)ccc2cc(O)cc(-c3nc(Cl)c4c(N5CC6CCC(C5)N6)nc(OC[C@@]56CCCN5CC(F)C6)nc4c3F)c12. The average molecular weight is 639 g/mol. The number of phenolic OH excluding ortho intramolecular Hbond substituents is 1. The minimum absolute atomic E-state index is 0.00333. The van der Waals surface area contributed by atoms with Gasteiger partial charge in [0, 0.05) is 43.7 Å². The van der Waals surface area contributed by atoms with E-state index in [0.29, 0.717) is 54.6 Å². The quantitative estimate of drug-likeness (QED) is 0.251. The fourth-order valence-electron chi connectivity index (χ4n) is 8.21. The number of nitrogens with zero attached hydrogens (tertiary/aromatic N) is 5. The molecule has 236 valence electrons. The van der Waals surface area contributed by atoms with Gasteiger partial charge in [0.15, 0.2) is 5.82 Å². The van der Waals surface area contributed by atoms with Crippen molar-refractivity contribution in [2.75, 3.05) is 37.7 Å². The van der Waals surface area contributed by atoms with Crippen LogP contribution in [0.2, 0.25) is 5.15 Å². The molecular weight excluding hydrogens is 605 g/mol. The monoisotopic (exact) mass is 638 g/mol. The van der Waals surface area contributed by atoms with Crippen LogP contribution < -0.4 is 15.0 Å². The van der Waals surface area contributed by atoms with Gasteiger partial charge in [0.05, 0.1) is 10.9 Å². The number of rotatable bonds is 6. The number of aromatic hydroxyl groups is 1. The molecule has 6 heterocycles. The Labute approximate surface area is 263 Å². The Morgan fingerprint density at radius 2 is 1.89 bits per heavy atom. The van der Waals surface area contributed by atoms with Crippen molar-refractivity contribution in [3.05, 3.63) is 46.6 Å². The van der Waals surface area contributed by atoms with Crippen LogP contribution >= 0.6 is 11.6 Å². The Bertz CT molecular complexity index is 1830. The maximum absolute atomic E-state index is 16.9.